The molecule has 22 heavy (non-hydrogen) atoms. The van der Waals surface area contributed by atoms with Crippen LogP contribution < -0.4 is 15.2 Å². The highest BCUT2D eigenvalue weighted by Crippen LogP contribution is 2.31. The minimum Gasteiger partial charge on any atom is -0.486 e. The number of benzene rings is 1. The van der Waals surface area contributed by atoms with E-state index in [9.17, 15) is 9.59 Å². The molecule has 0 aliphatic carbocycles. The number of nitrogens with two attached hydrogens (primary N) is 1. The van der Waals surface area contributed by atoms with Crippen LogP contribution >= 0.6 is 0 Å². The summed E-state index contributed by atoms with van der Waals surface area (Å²) in [5.74, 6) is 0.728. The molecule has 2 heterocycles. The molecule has 2 amide bonds. The van der Waals surface area contributed by atoms with Crippen LogP contribution in [0.5, 0.6) is 11.5 Å². The van der Waals surface area contributed by atoms with Gasteiger partial charge in [0.25, 0.3) is 0 Å². The van der Waals surface area contributed by atoms with E-state index in [0.717, 1.165) is 11.3 Å². The maximum absolute atomic E-state index is 12.1. The zero-order valence-electron chi connectivity index (χ0n) is 12.2. The second-order valence-electron chi connectivity index (χ2n) is 5.41. The number of primary amides is 1. The largest absolute Gasteiger partial charge is 0.486 e. The van der Waals surface area contributed by atoms with Gasteiger partial charge in [-0.15, -0.1) is 0 Å². The van der Waals surface area contributed by atoms with Crippen molar-refractivity contribution in [2.24, 2.45) is 11.7 Å². The topological polar surface area (TPSA) is 81.9 Å². The van der Waals surface area contributed by atoms with Crippen LogP contribution in [0.25, 0.3) is 6.08 Å². The van der Waals surface area contributed by atoms with E-state index in [1.807, 2.05) is 18.2 Å². The Hall–Kier alpha value is -2.50. The minimum absolute atomic E-state index is 0.112. The number of fused-ring (bicyclic) bond motifs is 1. The van der Waals surface area contributed by atoms with E-state index < -0.39 is 0 Å². The van der Waals surface area contributed by atoms with E-state index >= 15 is 0 Å². The van der Waals surface area contributed by atoms with Gasteiger partial charge < -0.3 is 20.1 Å². The monoisotopic (exact) mass is 302 g/mol. The van der Waals surface area contributed by atoms with Gasteiger partial charge in [0, 0.05) is 19.2 Å². The van der Waals surface area contributed by atoms with Gasteiger partial charge in [0.2, 0.25) is 11.8 Å². The molecular weight excluding hydrogens is 284 g/mol. The van der Waals surface area contributed by atoms with Gasteiger partial charge in [-0.05, 0) is 30.2 Å². The van der Waals surface area contributed by atoms with E-state index in [2.05, 4.69) is 0 Å². The highest BCUT2D eigenvalue weighted by molar-refractivity contribution is 5.92. The average Bonchev–Trinajstić information content (AvgIpc) is 3.03. The van der Waals surface area contributed by atoms with Crippen molar-refractivity contribution in [3.63, 3.8) is 0 Å². The average molecular weight is 302 g/mol. The minimum atomic E-state index is -0.342. The van der Waals surface area contributed by atoms with Gasteiger partial charge in [-0.1, -0.05) is 6.07 Å². The molecule has 6 nitrogen and oxygen atoms in total. The molecule has 0 spiro atoms. The van der Waals surface area contributed by atoms with Crippen LogP contribution in [0.1, 0.15) is 12.0 Å². The number of carbonyl (C=O) groups is 2. The summed E-state index contributed by atoms with van der Waals surface area (Å²) in [4.78, 5) is 24.9. The quantitative estimate of drug-likeness (QED) is 0.838. The molecule has 116 valence electrons. The summed E-state index contributed by atoms with van der Waals surface area (Å²) in [5.41, 5.74) is 6.13. The summed E-state index contributed by atoms with van der Waals surface area (Å²) in [6.07, 6.45) is 3.88. The first kappa shape index (κ1) is 14.4. The third-order valence-electron chi connectivity index (χ3n) is 3.89. The maximum atomic E-state index is 12.1. The van der Waals surface area contributed by atoms with Gasteiger partial charge in [0.1, 0.15) is 13.2 Å². The Balaban J connectivity index is 1.64. The Morgan fingerprint density at radius 2 is 2.00 bits per heavy atom. The van der Waals surface area contributed by atoms with E-state index in [1.54, 1.807) is 11.0 Å². The molecule has 2 aliphatic rings. The number of carbonyl (C=O) groups excluding carboxylic acids is 2. The highest BCUT2D eigenvalue weighted by Gasteiger charge is 2.28. The molecular formula is C16H18N2O4. The molecule has 6 heteroatoms. The molecule has 1 aromatic carbocycles. The maximum Gasteiger partial charge on any atom is 0.246 e. The Morgan fingerprint density at radius 1 is 1.23 bits per heavy atom. The molecule has 0 aromatic heterocycles. The lowest BCUT2D eigenvalue weighted by molar-refractivity contribution is -0.125. The van der Waals surface area contributed by atoms with Gasteiger partial charge >= 0.3 is 0 Å². The fourth-order valence-electron chi connectivity index (χ4n) is 2.63. The van der Waals surface area contributed by atoms with E-state index in [-0.39, 0.29) is 17.7 Å². The third-order valence-corrected chi connectivity index (χ3v) is 3.89. The van der Waals surface area contributed by atoms with Crippen LogP contribution in [0.3, 0.4) is 0 Å². The first-order chi connectivity index (χ1) is 10.6. The molecule has 1 atom stereocenters. The normalized spacial score (nSPS) is 20.4. The number of nitrogens with zero attached hydrogens (tertiary/aromatic N) is 1. The molecule has 2 aliphatic heterocycles. The number of likely N-dealkylation sites (tertiary alicyclic amines) is 1. The highest BCUT2D eigenvalue weighted by atomic mass is 16.6. The Labute approximate surface area is 128 Å². The summed E-state index contributed by atoms with van der Waals surface area (Å²) < 4.78 is 11.0. The van der Waals surface area contributed by atoms with Crippen LogP contribution in [0.2, 0.25) is 0 Å². The van der Waals surface area contributed by atoms with E-state index in [0.29, 0.717) is 38.5 Å². The number of ether oxygens (including phenoxy) is 2. The number of hydrogen-bond acceptors (Lipinski definition) is 4. The smallest absolute Gasteiger partial charge is 0.246 e. The molecule has 0 unspecified atom stereocenters. The van der Waals surface area contributed by atoms with Crippen LogP contribution in [0.4, 0.5) is 0 Å². The second kappa shape index (κ2) is 6.09. The first-order valence-corrected chi connectivity index (χ1v) is 7.29. The van der Waals surface area contributed by atoms with Gasteiger partial charge in [0.05, 0.1) is 5.92 Å². The third kappa shape index (κ3) is 3.05. The van der Waals surface area contributed by atoms with Crippen LogP contribution in [-0.4, -0.2) is 43.0 Å². The molecule has 1 saturated heterocycles. The lowest BCUT2D eigenvalue weighted by Gasteiger charge is -2.18. The van der Waals surface area contributed by atoms with Crippen molar-refractivity contribution < 1.29 is 19.1 Å². The zero-order chi connectivity index (χ0) is 15.5. The Kier molecular flexibility index (Phi) is 4.00. The summed E-state index contributed by atoms with van der Waals surface area (Å²) in [7, 11) is 0. The van der Waals surface area contributed by atoms with Crippen LogP contribution in [0, 0.1) is 5.92 Å². The van der Waals surface area contributed by atoms with Gasteiger partial charge in [-0.3, -0.25) is 9.59 Å². The number of hydrogen-bond donors (Lipinski definition) is 1. The van der Waals surface area contributed by atoms with Gasteiger partial charge in [0.15, 0.2) is 11.5 Å². The summed E-state index contributed by atoms with van der Waals surface area (Å²) in [5, 5.41) is 0. The van der Waals surface area contributed by atoms with Crippen LogP contribution in [-0.2, 0) is 9.59 Å². The molecule has 0 radical (unpaired) electrons. The Bertz CT molecular complexity index is 627. The summed E-state index contributed by atoms with van der Waals surface area (Å²) >= 11 is 0. The molecule has 2 N–H and O–H groups in total. The fourth-order valence-corrected chi connectivity index (χ4v) is 2.63. The molecule has 1 aromatic rings. The number of rotatable bonds is 3. The lowest BCUT2D eigenvalue weighted by atomic mass is 10.1. The standard InChI is InChI=1S/C16H18N2O4/c17-16(20)12-5-6-18(10-12)15(19)4-2-11-1-3-13-14(9-11)22-8-7-21-13/h1-4,9,12H,5-8,10H2,(H2,17,20)/b4-2-/t12-/m1/s1. The lowest BCUT2D eigenvalue weighted by Crippen LogP contribution is -2.30. The van der Waals surface area contributed by atoms with Gasteiger partial charge in [-0.2, -0.15) is 0 Å². The number of amides is 2. The van der Waals surface area contributed by atoms with Crippen molar-refractivity contribution in [1.82, 2.24) is 4.90 Å². The SMILES string of the molecule is NC(=O)[C@@H]1CCN(C(=O)/C=C\c2ccc3c(c2)OCCO3)C1. The van der Waals surface area contributed by atoms with Crippen molar-refractivity contribution in [3.05, 3.63) is 29.8 Å². The first-order valence-electron chi connectivity index (χ1n) is 7.29. The van der Waals surface area contributed by atoms with Crippen molar-refractivity contribution >= 4 is 17.9 Å². The van der Waals surface area contributed by atoms with Crippen molar-refractivity contribution in [2.75, 3.05) is 26.3 Å². The molecule has 0 bridgehead atoms. The van der Waals surface area contributed by atoms with E-state index in [1.165, 1.54) is 6.08 Å². The van der Waals surface area contributed by atoms with Gasteiger partial charge in [-0.25, -0.2) is 0 Å². The predicted molar refractivity (Wildman–Crippen MR) is 80.3 cm³/mol. The Morgan fingerprint density at radius 3 is 2.73 bits per heavy atom. The molecule has 3 rings (SSSR count). The van der Waals surface area contributed by atoms with E-state index in [4.69, 9.17) is 15.2 Å². The summed E-state index contributed by atoms with van der Waals surface area (Å²) in [6.45, 7) is 2.05. The van der Waals surface area contributed by atoms with Crippen molar-refractivity contribution in [1.29, 1.82) is 0 Å². The second-order valence-corrected chi connectivity index (χ2v) is 5.41. The molecule has 1 fully saturated rings. The van der Waals surface area contributed by atoms with Crippen LogP contribution in [0.15, 0.2) is 24.3 Å². The fraction of sp³-hybridized carbons (Fsp3) is 0.375. The zero-order valence-corrected chi connectivity index (χ0v) is 12.2. The molecule has 0 saturated carbocycles. The van der Waals surface area contributed by atoms with Crippen molar-refractivity contribution in [2.45, 2.75) is 6.42 Å². The predicted octanol–water partition coefficient (Wildman–Crippen LogP) is 0.805. The summed E-state index contributed by atoms with van der Waals surface area (Å²) in [6, 6.07) is 5.54. The van der Waals surface area contributed by atoms with Crippen molar-refractivity contribution in [3.8, 4) is 11.5 Å².